The van der Waals surface area contributed by atoms with Crippen LogP contribution in [0.15, 0.2) is 0 Å². The molecule has 10 heteroatoms. The van der Waals surface area contributed by atoms with Crippen molar-refractivity contribution in [1.29, 1.82) is 0 Å². The molecule has 0 heterocycles. The third-order valence-corrected chi connectivity index (χ3v) is 3.50. The summed E-state index contributed by atoms with van der Waals surface area (Å²) in [4.78, 5) is 46.1. The monoisotopic (exact) mass is 350 g/mol. The van der Waals surface area contributed by atoms with E-state index < -0.39 is 41.6 Å². The minimum atomic E-state index is -1.18. The van der Waals surface area contributed by atoms with Gasteiger partial charge in [0.05, 0.1) is 6.54 Å². The van der Waals surface area contributed by atoms with Crippen LogP contribution in [0.2, 0.25) is 0 Å². The number of rotatable bonds is 9. The first kappa shape index (κ1) is 21.1. The lowest BCUT2D eigenvalue weighted by Crippen LogP contribution is -2.56. The Morgan fingerprint density at radius 3 is 2.22 bits per heavy atom. The highest BCUT2D eigenvalue weighted by Gasteiger charge is 2.34. The predicted octanol–water partition coefficient (Wildman–Crippen LogP) is -1.04. The quantitative estimate of drug-likeness (QED) is 0.239. The van der Waals surface area contributed by atoms with Crippen molar-refractivity contribution in [3.05, 3.63) is 0 Å². The van der Waals surface area contributed by atoms with Gasteiger partial charge in [-0.25, -0.2) is 5.06 Å². The van der Waals surface area contributed by atoms with Crippen LogP contribution in [0.3, 0.4) is 0 Å². The minimum absolute atomic E-state index is 0.282. The summed E-state index contributed by atoms with van der Waals surface area (Å²) in [7, 11) is 0. The number of alkyl halides is 1. The maximum atomic E-state index is 12.3. The zero-order valence-electron chi connectivity index (χ0n) is 13.3. The first-order chi connectivity index (χ1) is 10.6. The smallest absolute Gasteiger partial charge is 0.261 e. The van der Waals surface area contributed by atoms with E-state index in [1.807, 2.05) is 0 Å². The van der Waals surface area contributed by atoms with Gasteiger partial charge in [0.15, 0.2) is 0 Å². The molecule has 0 aromatic heterocycles. The Labute approximate surface area is 139 Å². The number of primary amides is 1. The summed E-state index contributed by atoms with van der Waals surface area (Å²) >= 11 is 5.38. The fourth-order valence-corrected chi connectivity index (χ4v) is 1.86. The van der Waals surface area contributed by atoms with Crippen LogP contribution >= 0.6 is 11.6 Å². The van der Waals surface area contributed by atoms with Crippen molar-refractivity contribution < 1.29 is 24.4 Å². The van der Waals surface area contributed by atoms with Gasteiger partial charge in [-0.1, -0.05) is 20.3 Å². The number of carbonyl (C=O) groups excluding carboxylic acids is 4. The van der Waals surface area contributed by atoms with E-state index in [4.69, 9.17) is 17.3 Å². The number of hydrogen-bond donors (Lipinski definition) is 4. The first-order valence-corrected chi connectivity index (χ1v) is 7.62. The molecule has 0 radical (unpaired) electrons. The van der Waals surface area contributed by atoms with Gasteiger partial charge in [-0.05, 0) is 12.8 Å². The maximum Gasteiger partial charge on any atom is 0.261 e. The Morgan fingerprint density at radius 2 is 1.78 bits per heavy atom. The van der Waals surface area contributed by atoms with Crippen molar-refractivity contribution >= 4 is 35.2 Å². The molecule has 0 rings (SSSR count). The first-order valence-electron chi connectivity index (χ1n) is 7.08. The Bertz CT molecular complexity index is 460. The highest BCUT2D eigenvalue weighted by atomic mass is 35.5. The van der Waals surface area contributed by atoms with Crippen molar-refractivity contribution in [3.8, 4) is 0 Å². The highest BCUT2D eigenvalue weighted by molar-refractivity contribution is 6.27. The molecule has 0 saturated carbocycles. The van der Waals surface area contributed by atoms with E-state index in [0.29, 0.717) is 6.42 Å². The minimum Gasteiger partial charge on any atom is -0.368 e. The zero-order valence-corrected chi connectivity index (χ0v) is 14.1. The van der Waals surface area contributed by atoms with Crippen molar-refractivity contribution in [2.45, 2.75) is 39.3 Å². The summed E-state index contributed by atoms with van der Waals surface area (Å²) < 4.78 is 0. The molecule has 132 valence electrons. The number of hydroxylamine groups is 2. The molecular formula is C13H23ClN4O5. The Kier molecular flexibility index (Phi) is 9.19. The molecule has 0 spiro atoms. The van der Waals surface area contributed by atoms with Crippen LogP contribution in [-0.4, -0.2) is 58.4 Å². The van der Waals surface area contributed by atoms with Crippen LogP contribution in [0.4, 0.5) is 0 Å². The van der Waals surface area contributed by atoms with Gasteiger partial charge >= 0.3 is 0 Å². The lowest BCUT2D eigenvalue weighted by Gasteiger charge is -2.29. The third kappa shape index (κ3) is 6.83. The van der Waals surface area contributed by atoms with Crippen molar-refractivity contribution in [2.75, 3.05) is 12.4 Å². The van der Waals surface area contributed by atoms with Gasteiger partial charge in [-0.15, -0.1) is 11.6 Å². The van der Waals surface area contributed by atoms with E-state index >= 15 is 0 Å². The number of amides is 4. The normalized spacial score (nSPS) is 14.3. The van der Waals surface area contributed by atoms with Crippen molar-refractivity contribution in [1.82, 2.24) is 15.7 Å². The molecule has 0 fully saturated rings. The zero-order chi connectivity index (χ0) is 18.2. The van der Waals surface area contributed by atoms with Crippen LogP contribution in [0.5, 0.6) is 0 Å². The Balaban J connectivity index is 4.93. The van der Waals surface area contributed by atoms with Crippen LogP contribution in [0, 0.1) is 5.92 Å². The molecule has 0 saturated heterocycles. The van der Waals surface area contributed by atoms with Gasteiger partial charge < -0.3 is 16.4 Å². The summed E-state index contributed by atoms with van der Waals surface area (Å²) in [5.74, 6) is -3.71. The van der Waals surface area contributed by atoms with E-state index in [-0.39, 0.29) is 17.5 Å². The van der Waals surface area contributed by atoms with E-state index in [1.54, 1.807) is 13.8 Å². The highest BCUT2D eigenvalue weighted by Crippen LogP contribution is 2.14. The molecule has 5 N–H and O–H groups in total. The largest absolute Gasteiger partial charge is 0.368 e. The second-order valence-electron chi connectivity index (χ2n) is 5.12. The number of hydrogen-bond acceptors (Lipinski definition) is 5. The fourth-order valence-electron chi connectivity index (χ4n) is 1.74. The van der Waals surface area contributed by atoms with Gasteiger partial charge in [-0.2, -0.15) is 0 Å². The number of carbonyl (C=O) groups is 4. The molecule has 0 aliphatic heterocycles. The average molecular weight is 351 g/mol. The van der Waals surface area contributed by atoms with E-state index in [1.165, 1.54) is 6.92 Å². The third-order valence-electron chi connectivity index (χ3n) is 3.27. The molecule has 4 amide bonds. The number of nitrogens with zero attached hydrogens (tertiary/aromatic N) is 1. The van der Waals surface area contributed by atoms with Crippen molar-refractivity contribution in [3.63, 3.8) is 0 Å². The molecular weight excluding hydrogens is 328 g/mol. The number of nitrogens with two attached hydrogens (primary N) is 1. The molecule has 0 aliphatic carbocycles. The van der Waals surface area contributed by atoms with Gasteiger partial charge in [0.25, 0.3) is 5.91 Å². The van der Waals surface area contributed by atoms with E-state index in [9.17, 15) is 24.4 Å². The number of halogens is 1. The molecule has 1 unspecified atom stereocenters. The van der Waals surface area contributed by atoms with Crippen LogP contribution < -0.4 is 16.4 Å². The van der Waals surface area contributed by atoms with Gasteiger partial charge in [0, 0.05) is 0 Å². The van der Waals surface area contributed by atoms with E-state index in [0.717, 1.165) is 0 Å². The molecule has 23 heavy (non-hydrogen) atoms. The molecule has 3 atom stereocenters. The summed E-state index contributed by atoms with van der Waals surface area (Å²) in [5, 5.41) is 14.8. The topological polar surface area (TPSA) is 142 Å². The van der Waals surface area contributed by atoms with E-state index in [2.05, 4.69) is 10.6 Å². The number of nitrogens with one attached hydrogen (secondary N) is 2. The fraction of sp³-hybridized carbons (Fsp3) is 0.692. The molecule has 0 bridgehead atoms. The average Bonchev–Trinajstić information content (AvgIpc) is 2.51. The summed E-state index contributed by atoms with van der Waals surface area (Å²) in [5.41, 5.74) is 4.91. The second kappa shape index (κ2) is 10.0. The second-order valence-corrected chi connectivity index (χ2v) is 5.38. The Hall–Kier alpha value is -1.87. The molecule has 0 aliphatic rings. The van der Waals surface area contributed by atoms with Crippen LogP contribution in [0.1, 0.15) is 27.2 Å². The molecule has 9 nitrogen and oxygen atoms in total. The summed E-state index contributed by atoms with van der Waals surface area (Å²) in [6.45, 7) is 4.50. The lowest BCUT2D eigenvalue weighted by molar-refractivity contribution is -0.182. The molecule has 0 aromatic rings. The maximum absolute atomic E-state index is 12.3. The SMILES string of the molecule is CCC(C)[C@@H](C(=O)N[C@@H](C)C(=O)NCC(N)=O)N(O)C(=O)CCl. The van der Waals surface area contributed by atoms with Crippen LogP contribution in [0.25, 0.3) is 0 Å². The van der Waals surface area contributed by atoms with Gasteiger partial charge in [0.1, 0.15) is 18.0 Å². The molecule has 0 aromatic carbocycles. The van der Waals surface area contributed by atoms with Gasteiger partial charge in [0.2, 0.25) is 17.7 Å². The lowest BCUT2D eigenvalue weighted by atomic mass is 9.97. The predicted molar refractivity (Wildman–Crippen MR) is 82.4 cm³/mol. The van der Waals surface area contributed by atoms with Crippen molar-refractivity contribution in [2.24, 2.45) is 11.7 Å². The standard InChI is InChI=1S/C13H23ClN4O5/c1-4-7(2)11(18(23)10(20)5-14)13(22)17-8(3)12(21)16-6-9(15)19/h7-8,11,23H,4-6H2,1-3H3,(H2,15,19)(H,16,21)(H,17,22)/t7?,8-,11-/m0/s1. The Morgan fingerprint density at radius 1 is 1.22 bits per heavy atom. The van der Waals surface area contributed by atoms with Gasteiger partial charge in [-0.3, -0.25) is 24.4 Å². The summed E-state index contributed by atoms with van der Waals surface area (Å²) in [6.07, 6.45) is 0.507. The summed E-state index contributed by atoms with van der Waals surface area (Å²) in [6, 6.07) is -2.16. The van der Waals surface area contributed by atoms with Crippen LogP contribution in [-0.2, 0) is 19.2 Å².